The number of hydrogen-bond donors (Lipinski definition) is 1. The third-order valence-electron chi connectivity index (χ3n) is 2.06. The van der Waals surface area contributed by atoms with Crippen molar-refractivity contribution in [1.29, 1.82) is 0 Å². The highest BCUT2D eigenvalue weighted by Gasteiger charge is 2.30. The van der Waals surface area contributed by atoms with Crippen LogP contribution < -0.4 is 5.73 Å². The van der Waals surface area contributed by atoms with Crippen LogP contribution in [0.25, 0.3) is 0 Å². The minimum Gasteiger partial charge on any atom is -0.330 e. The van der Waals surface area contributed by atoms with E-state index in [9.17, 15) is 0 Å². The Bertz CT molecular complexity index is 70.8. The average Bonchev–Trinajstić information content (AvgIpc) is 2.42. The van der Waals surface area contributed by atoms with E-state index in [-0.39, 0.29) is 0 Å². The minimum atomic E-state index is 0.878. The largest absolute Gasteiger partial charge is 0.330 e. The molecule has 0 radical (unpaired) electrons. The predicted molar refractivity (Wildman–Crippen MR) is 35.6 cm³/mol. The maximum atomic E-state index is 5.35. The lowest BCUT2D eigenvalue weighted by atomic mass is 10.2. The monoisotopic (exact) mass is 113 g/mol. The molecule has 0 saturated heterocycles. The molecule has 2 N–H and O–H groups in total. The third-order valence-corrected chi connectivity index (χ3v) is 2.06. The van der Waals surface area contributed by atoms with E-state index in [1.807, 2.05) is 0 Å². The van der Waals surface area contributed by atoms with Gasteiger partial charge in [-0.25, -0.2) is 0 Å². The number of nitrogens with two attached hydrogens (primary N) is 1. The normalized spacial score (nSPS) is 35.2. The molecule has 0 heterocycles. The molecular formula is C7H15N. The van der Waals surface area contributed by atoms with Crippen LogP contribution in [-0.4, -0.2) is 6.54 Å². The van der Waals surface area contributed by atoms with E-state index in [1.54, 1.807) is 0 Å². The van der Waals surface area contributed by atoms with E-state index >= 15 is 0 Å². The first-order valence-corrected chi connectivity index (χ1v) is 3.54. The zero-order valence-electron chi connectivity index (χ0n) is 5.56. The van der Waals surface area contributed by atoms with Gasteiger partial charge in [0.1, 0.15) is 0 Å². The van der Waals surface area contributed by atoms with Gasteiger partial charge in [0.25, 0.3) is 0 Å². The highest BCUT2D eigenvalue weighted by atomic mass is 14.5. The first kappa shape index (κ1) is 6.09. The second-order valence-corrected chi connectivity index (χ2v) is 2.90. The highest BCUT2D eigenvalue weighted by molar-refractivity contribution is 4.81. The Kier molecular flexibility index (Phi) is 1.90. The summed E-state index contributed by atoms with van der Waals surface area (Å²) >= 11 is 0. The molecule has 0 spiro atoms. The summed E-state index contributed by atoms with van der Waals surface area (Å²) in [6.45, 7) is 3.20. The lowest BCUT2D eigenvalue weighted by Gasteiger charge is -1.91. The van der Waals surface area contributed by atoms with Gasteiger partial charge in [0.15, 0.2) is 0 Å². The molecule has 1 unspecified atom stereocenters. The van der Waals surface area contributed by atoms with Crippen LogP contribution in [0.5, 0.6) is 0 Å². The predicted octanol–water partition coefficient (Wildman–Crippen LogP) is 1.38. The van der Waals surface area contributed by atoms with Crippen LogP contribution in [0.4, 0.5) is 0 Å². The lowest BCUT2D eigenvalue weighted by Crippen LogP contribution is -1.98. The molecule has 48 valence electrons. The molecule has 1 aliphatic rings. The van der Waals surface area contributed by atoms with Crippen molar-refractivity contribution >= 4 is 0 Å². The van der Waals surface area contributed by atoms with Crippen LogP contribution in [-0.2, 0) is 0 Å². The van der Waals surface area contributed by atoms with E-state index < -0.39 is 0 Å². The highest BCUT2D eigenvalue weighted by Crippen LogP contribution is 2.40. The smallest absolute Gasteiger partial charge is 0.00772 e. The SMILES string of the molecule is CC1C[C@@H]1CCCN. The number of hydrogen-bond acceptors (Lipinski definition) is 1. The van der Waals surface area contributed by atoms with Gasteiger partial charge < -0.3 is 5.73 Å². The standard InChI is InChI=1S/C7H15N/c1-6-5-7(6)3-2-4-8/h6-7H,2-5,8H2,1H3/t6?,7-/m0/s1. The molecule has 2 atom stereocenters. The second kappa shape index (κ2) is 2.49. The molecule has 0 aromatic heterocycles. The molecule has 1 saturated carbocycles. The first-order chi connectivity index (χ1) is 3.84. The van der Waals surface area contributed by atoms with Crippen molar-refractivity contribution in [3.8, 4) is 0 Å². The van der Waals surface area contributed by atoms with Crippen LogP contribution in [0, 0.1) is 11.8 Å². The van der Waals surface area contributed by atoms with Crippen LogP contribution in [0.15, 0.2) is 0 Å². The number of rotatable bonds is 3. The molecule has 0 aromatic carbocycles. The Balaban J connectivity index is 1.89. The molecule has 0 aromatic rings. The van der Waals surface area contributed by atoms with Gasteiger partial charge in [-0.3, -0.25) is 0 Å². The summed E-state index contributed by atoms with van der Waals surface area (Å²) < 4.78 is 0. The molecular weight excluding hydrogens is 98.1 g/mol. The van der Waals surface area contributed by atoms with Gasteiger partial charge in [-0.15, -0.1) is 0 Å². The van der Waals surface area contributed by atoms with Gasteiger partial charge in [0.2, 0.25) is 0 Å². The summed E-state index contributed by atoms with van der Waals surface area (Å²) in [7, 11) is 0. The summed E-state index contributed by atoms with van der Waals surface area (Å²) in [6, 6.07) is 0. The van der Waals surface area contributed by atoms with Crippen molar-refractivity contribution < 1.29 is 0 Å². The second-order valence-electron chi connectivity index (χ2n) is 2.90. The summed E-state index contributed by atoms with van der Waals surface area (Å²) in [5.41, 5.74) is 5.35. The van der Waals surface area contributed by atoms with Gasteiger partial charge in [-0.1, -0.05) is 6.92 Å². The Morgan fingerprint density at radius 1 is 1.62 bits per heavy atom. The van der Waals surface area contributed by atoms with Crippen LogP contribution in [0.3, 0.4) is 0 Å². The molecule has 8 heavy (non-hydrogen) atoms. The maximum absolute atomic E-state index is 5.35. The fraction of sp³-hybridized carbons (Fsp3) is 1.00. The topological polar surface area (TPSA) is 26.0 Å². The zero-order valence-corrected chi connectivity index (χ0v) is 5.56. The van der Waals surface area contributed by atoms with Crippen LogP contribution in [0.2, 0.25) is 0 Å². The Hall–Kier alpha value is -0.0400. The van der Waals surface area contributed by atoms with Crippen molar-refractivity contribution in [3.63, 3.8) is 0 Å². The maximum Gasteiger partial charge on any atom is -0.00772 e. The average molecular weight is 113 g/mol. The van der Waals surface area contributed by atoms with Gasteiger partial charge in [0, 0.05) is 0 Å². The zero-order chi connectivity index (χ0) is 5.98. The van der Waals surface area contributed by atoms with Gasteiger partial charge >= 0.3 is 0 Å². The van der Waals surface area contributed by atoms with Crippen molar-refractivity contribution in [2.24, 2.45) is 17.6 Å². The van der Waals surface area contributed by atoms with E-state index in [1.165, 1.54) is 19.3 Å². The quantitative estimate of drug-likeness (QED) is 0.588. The molecule has 0 bridgehead atoms. The van der Waals surface area contributed by atoms with Gasteiger partial charge in [-0.2, -0.15) is 0 Å². The van der Waals surface area contributed by atoms with Crippen LogP contribution >= 0.6 is 0 Å². The van der Waals surface area contributed by atoms with E-state index in [4.69, 9.17) is 5.73 Å². The van der Waals surface area contributed by atoms with E-state index in [0.29, 0.717) is 0 Å². The fourth-order valence-electron chi connectivity index (χ4n) is 1.18. The van der Waals surface area contributed by atoms with Crippen molar-refractivity contribution in [1.82, 2.24) is 0 Å². The van der Waals surface area contributed by atoms with Crippen LogP contribution in [0.1, 0.15) is 26.2 Å². The minimum absolute atomic E-state index is 0.878. The Morgan fingerprint density at radius 2 is 2.25 bits per heavy atom. The van der Waals surface area contributed by atoms with Crippen molar-refractivity contribution in [3.05, 3.63) is 0 Å². The molecule has 0 amide bonds. The van der Waals surface area contributed by atoms with Gasteiger partial charge in [-0.05, 0) is 37.6 Å². The van der Waals surface area contributed by atoms with E-state index in [0.717, 1.165) is 18.4 Å². The van der Waals surface area contributed by atoms with E-state index in [2.05, 4.69) is 6.92 Å². The third kappa shape index (κ3) is 1.48. The summed E-state index contributed by atoms with van der Waals surface area (Å²) in [5, 5.41) is 0. The fourth-order valence-corrected chi connectivity index (χ4v) is 1.18. The summed E-state index contributed by atoms with van der Waals surface area (Å²) in [5.74, 6) is 2.06. The van der Waals surface area contributed by atoms with Crippen molar-refractivity contribution in [2.75, 3.05) is 6.54 Å². The Morgan fingerprint density at radius 3 is 2.62 bits per heavy atom. The van der Waals surface area contributed by atoms with Crippen molar-refractivity contribution in [2.45, 2.75) is 26.2 Å². The summed E-state index contributed by atoms with van der Waals surface area (Å²) in [4.78, 5) is 0. The molecule has 1 heteroatoms. The summed E-state index contributed by atoms with van der Waals surface area (Å²) in [6.07, 6.45) is 4.06. The Labute approximate surface area is 51.3 Å². The molecule has 1 aliphatic carbocycles. The molecule has 1 fully saturated rings. The first-order valence-electron chi connectivity index (χ1n) is 3.54. The lowest BCUT2D eigenvalue weighted by molar-refractivity contribution is 0.636. The molecule has 0 aliphatic heterocycles. The molecule has 1 rings (SSSR count). The van der Waals surface area contributed by atoms with Gasteiger partial charge in [0.05, 0.1) is 0 Å². The molecule has 1 nitrogen and oxygen atoms in total.